The Morgan fingerprint density at radius 3 is 2.37 bits per heavy atom. The maximum Gasteiger partial charge on any atom is 0.220 e. The second-order valence-electron chi connectivity index (χ2n) is 4.76. The van der Waals surface area contributed by atoms with Crippen LogP contribution in [0.2, 0.25) is 0 Å². The van der Waals surface area contributed by atoms with Crippen LogP contribution in [0.15, 0.2) is 30.3 Å². The van der Waals surface area contributed by atoms with Crippen LogP contribution < -0.4 is 0 Å². The number of rotatable bonds is 2. The van der Waals surface area contributed by atoms with Crippen LogP contribution in [-0.4, -0.2) is 49.4 Å². The lowest BCUT2D eigenvalue weighted by molar-refractivity contribution is -0.133. The van der Waals surface area contributed by atoms with E-state index in [-0.39, 0.29) is 11.9 Å². The van der Waals surface area contributed by atoms with Gasteiger partial charge in [0.15, 0.2) is 0 Å². The van der Waals surface area contributed by atoms with E-state index in [1.165, 1.54) is 17.5 Å². The smallest absolute Gasteiger partial charge is 0.220 e. The van der Waals surface area contributed by atoms with Gasteiger partial charge in [-0.15, -0.1) is 0 Å². The van der Waals surface area contributed by atoms with Crippen LogP contribution in [0.4, 0.5) is 0 Å². The van der Waals surface area contributed by atoms with Crippen molar-refractivity contribution < 1.29 is 13.2 Å². The third-order valence-electron chi connectivity index (χ3n) is 3.40. The van der Waals surface area contributed by atoms with Gasteiger partial charge in [0.1, 0.15) is 0 Å². The minimum absolute atomic E-state index is 0.0259. The van der Waals surface area contributed by atoms with Crippen molar-refractivity contribution in [2.75, 3.05) is 25.9 Å². The van der Waals surface area contributed by atoms with Gasteiger partial charge in [-0.2, -0.15) is 4.31 Å². The highest BCUT2D eigenvalue weighted by Crippen LogP contribution is 2.26. The molecule has 1 atom stereocenters. The van der Waals surface area contributed by atoms with Crippen LogP contribution in [-0.2, 0) is 14.8 Å². The lowest BCUT2D eigenvalue weighted by Gasteiger charge is -2.40. The Bertz CT molecular complexity index is 557. The quantitative estimate of drug-likeness (QED) is 0.808. The summed E-state index contributed by atoms with van der Waals surface area (Å²) in [5, 5.41) is 0. The number of carbonyl (C=O) groups is 1. The van der Waals surface area contributed by atoms with E-state index in [2.05, 4.69) is 0 Å². The number of carbonyl (C=O) groups excluding carboxylic acids is 1. The van der Waals surface area contributed by atoms with Crippen LogP contribution in [0.5, 0.6) is 0 Å². The fourth-order valence-corrected chi connectivity index (χ4v) is 3.22. The van der Waals surface area contributed by atoms with Gasteiger partial charge in [-0.1, -0.05) is 30.3 Å². The van der Waals surface area contributed by atoms with Gasteiger partial charge >= 0.3 is 0 Å². The Labute approximate surface area is 113 Å². The largest absolute Gasteiger partial charge is 0.333 e. The fourth-order valence-electron chi connectivity index (χ4n) is 2.40. The number of hydrogen-bond acceptors (Lipinski definition) is 3. The van der Waals surface area contributed by atoms with Crippen LogP contribution in [0, 0.1) is 0 Å². The first-order valence-corrected chi connectivity index (χ1v) is 8.01. The molecule has 0 aliphatic carbocycles. The molecule has 1 amide bonds. The standard InChI is InChI=1S/C13H18N2O3S/c1-11(16)15-9-8-14(19(2,17)18)10-13(15)12-6-4-3-5-7-12/h3-7,13H,8-10H2,1-2H3. The highest BCUT2D eigenvalue weighted by Gasteiger charge is 2.33. The van der Waals surface area contributed by atoms with Crippen molar-refractivity contribution in [3.63, 3.8) is 0 Å². The molecule has 1 saturated heterocycles. The molecule has 1 unspecified atom stereocenters. The van der Waals surface area contributed by atoms with Crippen molar-refractivity contribution in [2.45, 2.75) is 13.0 Å². The topological polar surface area (TPSA) is 57.7 Å². The number of piperazine rings is 1. The Hall–Kier alpha value is -1.40. The van der Waals surface area contributed by atoms with Gasteiger partial charge < -0.3 is 4.90 Å². The summed E-state index contributed by atoms with van der Waals surface area (Å²) in [5.74, 6) is -0.0259. The van der Waals surface area contributed by atoms with Gasteiger partial charge in [0, 0.05) is 26.6 Å². The van der Waals surface area contributed by atoms with E-state index in [9.17, 15) is 13.2 Å². The fraction of sp³-hybridized carbons (Fsp3) is 0.462. The van der Waals surface area contributed by atoms with E-state index in [0.29, 0.717) is 19.6 Å². The van der Waals surface area contributed by atoms with E-state index in [1.807, 2.05) is 30.3 Å². The van der Waals surface area contributed by atoms with Gasteiger partial charge in [0.25, 0.3) is 0 Å². The highest BCUT2D eigenvalue weighted by molar-refractivity contribution is 7.88. The number of sulfonamides is 1. The van der Waals surface area contributed by atoms with Crippen molar-refractivity contribution in [1.82, 2.24) is 9.21 Å². The second kappa shape index (κ2) is 5.30. The summed E-state index contributed by atoms with van der Waals surface area (Å²) >= 11 is 0. The van der Waals surface area contributed by atoms with Crippen LogP contribution >= 0.6 is 0 Å². The molecular formula is C13H18N2O3S. The van der Waals surface area contributed by atoms with E-state index >= 15 is 0 Å². The molecule has 19 heavy (non-hydrogen) atoms. The molecule has 2 rings (SSSR count). The second-order valence-corrected chi connectivity index (χ2v) is 6.74. The molecule has 0 N–H and O–H groups in total. The minimum atomic E-state index is -3.22. The highest BCUT2D eigenvalue weighted by atomic mass is 32.2. The first-order valence-electron chi connectivity index (χ1n) is 6.17. The van der Waals surface area contributed by atoms with Crippen molar-refractivity contribution in [3.05, 3.63) is 35.9 Å². The molecule has 1 aliphatic rings. The summed E-state index contributed by atoms with van der Waals surface area (Å²) in [6.07, 6.45) is 1.21. The van der Waals surface area contributed by atoms with E-state index in [4.69, 9.17) is 0 Å². The van der Waals surface area contributed by atoms with E-state index < -0.39 is 10.0 Å². The van der Waals surface area contributed by atoms with Crippen LogP contribution in [0.1, 0.15) is 18.5 Å². The number of hydrogen-bond donors (Lipinski definition) is 0. The van der Waals surface area contributed by atoms with Crippen molar-refractivity contribution >= 4 is 15.9 Å². The molecular weight excluding hydrogens is 264 g/mol. The van der Waals surface area contributed by atoms with Gasteiger partial charge in [-0.05, 0) is 5.56 Å². The normalized spacial score (nSPS) is 21.4. The van der Waals surface area contributed by atoms with Crippen LogP contribution in [0.25, 0.3) is 0 Å². The number of amides is 1. The summed E-state index contributed by atoms with van der Waals surface area (Å²) < 4.78 is 24.8. The molecule has 1 fully saturated rings. The average molecular weight is 282 g/mol. The molecule has 0 saturated carbocycles. The van der Waals surface area contributed by atoms with Crippen molar-refractivity contribution in [2.24, 2.45) is 0 Å². The first kappa shape index (κ1) is 14.0. The molecule has 0 spiro atoms. The Balaban J connectivity index is 2.31. The van der Waals surface area contributed by atoms with Gasteiger partial charge in [0.05, 0.1) is 12.3 Å². The van der Waals surface area contributed by atoms with Crippen molar-refractivity contribution in [3.8, 4) is 0 Å². The zero-order chi connectivity index (χ0) is 14.0. The molecule has 0 aromatic heterocycles. The summed E-state index contributed by atoms with van der Waals surface area (Å²) in [7, 11) is -3.22. The van der Waals surface area contributed by atoms with Gasteiger partial charge in [0.2, 0.25) is 15.9 Å². The van der Waals surface area contributed by atoms with Gasteiger partial charge in [-0.25, -0.2) is 8.42 Å². The maximum atomic E-state index is 11.7. The third kappa shape index (κ3) is 3.13. The molecule has 6 heteroatoms. The zero-order valence-electron chi connectivity index (χ0n) is 11.1. The Kier molecular flexibility index (Phi) is 3.91. The SMILES string of the molecule is CC(=O)N1CCN(S(C)(=O)=O)CC1c1ccccc1. The minimum Gasteiger partial charge on any atom is -0.333 e. The summed E-state index contributed by atoms with van der Waals surface area (Å²) in [5.41, 5.74) is 0.964. The predicted molar refractivity (Wildman–Crippen MR) is 73.0 cm³/mol. The lowest BCUT2D eigenvalue weighted by Crippen LogP contribution is -2.51. The van der Waals surface area contributed by atoms with E-state index in [0.717, 1.165) is 5.56 Å². The van der Waals surface area contributed by atoms with Gasteiger partial charge in [-0.3, -0.25) is 4.79 Å². The molecule has 1 heterocycles. The summed E-state index contributed by atoms with van der Waals surface area (Å²) in [6.45, 7) is 2.64. The Morgan fingerprint density at radius 1 is 1.21 bits per heavy atom. The third-order valence-corrected chi connectivity index (χ3v) is 4.67. The zero-order valence-corrected chi connectivity index (χ0v) is 11.9. The number of benzene rings is 1. The maximum absolute atomic E-state index is 11.7. The number of nitrogens with zero attached hydrogens (tertiary/aromatic N) is 2. The molecule has 0 radical (unpaired) electrons. The average Bonchev–Trinajstić information content (AvgIpc) is 2.38. The lowest BCUT2D eigenvalue weighted by atomic mass is 10.0. The molecule has 0 bridgehead atoms. The monoisotopic (exact) mass is 282 g/mol. The molecule has 5 nitrogen and oxygen atoms in total. The van der Waals surface area contributed by atoms with E-state index in [1.54, 1.807) is 4.90 Å². The summed E-state index contributed by atoms with van der Waals surface area (Å²) in [6, 6.07) is 9.33. The summed E-state index contributed by atoms with van der Waals surface area (Å²) in [4.78, 5) is 13.4. The predicted octanol–water partition coefficient (Wildman–Crippen LogP) is 0.851. The first-order chi connectivity index (χ1) is 8.89. The Morgan fingerprint density at radius 2 is 1.84 bits per heavy atom. The van der Waals surface area contributed by atoms with Crippen LogP contribution in [0.3, 0.4) is 0 Å². The van der Waals surface area contributed by atoms with Crippen molar-refractivity contribution in [1.29, 1.82) is 0 Å². The molecule has 1 aromatic carbocycles. The molecule has 104 valence electrons. The molecule has 1 aliphatic heterocycles. The molecule has 1 aromatic rings.